The number of benzene rings is 1. The van der Waals surface area contributed by atoms with E-state index in [-0.39, 0.29) is 11.7 Å². The Bertz CT molecular complexity index is 419. The van der Waals surface area contributed by atoms with Crippen LogP contribution in [0.1, 0.15) is 29.8 Å². The van der Waals surface area contributed by atoms with Crippen LogP contribution in [0.4, 0.5) is 5.69 Å². The van der Waals surface area contributed by atoms with Crippen LogP contribution in [0.15, 0.2) is 18.2 Å². The van der Waals surface area contributed by atoms with E-state index in [0.717, 1.165) is 0 Å². The monoisotopic (exact) mass is 204 g/mol. The number of anilines is 1. The van der Waals surface area contributed by atoms with Crippen molar-refractivity contribution < 1.29 is 9.53 Å². The quantitative estimate of drug-likeness (QED) is 0.587. The lowest BCUT2D eigenvalue weighted by Gasteiger charge is -2.08. The molecule has 0 unspecified atom stereocenters. The summed E-state index contributed by atoms with van der Waals surface area (Å²) in [6, 6.07) is 6.41. The fraction of sp³-hybridized carbons (Fsp3) is 0.273. The highest BCUT2D eigenvalue weighted by Gasteiger charge is 2.10. The van der Waals surface area contributed by atoms with Gasteiger partial charge in [-0.05, 0) is 32.0 Å². The number of nitriles is 1. The first-order valence-corrected chi connectivity index (χ1v) is 4.55. The summed E-state index contributed by atoms with van der Waals surface area (Å²) < 4.78 is 4.99. The number of rotatable bonds is 2. The van der Waals surface area contributed by atoms with Crippen LogP contribution in [0, 0.1) is 11.3 Å². The van der Waals surface area contributed by atoms with Crippen LogP contribution < -0.4 is 5.73 Å². The topological polar surface area (TPSA) is 76.1 Å². The van der Waals surface area contributed by atoms with Gasteiger partial charge in [0.1, 0.15) is 6.07 Å². The number of hydrogen-bond donors (Lipinski definition) is 1. The smallest absolute Gasteiger partial charge is 0.338 e. The number of nitrogens with zero attached hydrogens (tertiary/aromatic N) is 1. The van der Waals surface area contributed by atoms with E-state index < -0.39 is 5.97 Å². The molecule has 1 aromatic rings. The second-order valence-corrected chi connectivity index (χ2v) is 3.37. The van der Waals surface area contributed by atoms with Gasteiger partial charge in [-0.15, -0.1) is 0 Å². The minimum atomic E-state index is -0.443. The number of ether oxygens (including phenoxy) is 1. The fourth-order valence-corrected chi connectivity index (χ4v) is 1.06. The van der Waals surface area contributed by atoms with Crippen molar-refractivity contribution in [1.29, 1.82) is 5.26 Å². The first-order valence-electron chi connectivity index (χ1n) is 4.55. The summed E-state index contributed by atoms with van der Waals surface area (Å²) in [5.74, 6) is -0.443. The van der Waals surface area contributed by atoms with E-state index >= 15 is 0 Å². The van der Waals surface area contributed by atoms with Crippen molar-refractivity contribution in [2.24, 2.45) is 0 Å². The van der Waals surface area contributed by atoms with Crippen molar-refractivity contribution in [3.8, 4) is 6.07 Å². The SMILES string of the molecule is CC(C)OC(=O)c1ccc(N)c(C#N)c1. The number of esters is 1. The molecule has 4 heteroatoms. The van der Waals surface area contributed by atoms with E-state index in [2.05, 4.69) is 0 Å². The molecule has 0 fully saturated rings. The highest BCUT2D eigenvalue weighted by molar-refractivity contribution is 5.90. The lowest BCUT2D eigenvalue weighted by molar-refractivity contribution is 0.0378. The third kappa shape index (κ3) is 2.71. The molecule has 2 N–H and O–H groups in total. The molecule has 1 aromatic carbocycles. The molecule has 0 heterocycles. The number of hydrogen-bond acceptors (Lipinski definition) is 4. The molecule has 1 rings (SSSR count). The molecule has 0 aliphatic rings. The summed E-state index contributed by atoms with van der Waals surface area (Å²) >= 11 is 0. The van der Waals surface area contributed by atoms with Gasteiger partial charge in [-0.2, -0.15) is 5.26 Å². The molecule has 15 heavy (non-hydrogen) atoms. The van der Waals surface area contributed by atoms with Gasteiger partial charge >= 0.3 is 5.97 Å². The molecule has 0 atom stereocenters. The second-order valence-electron chi connectivity index (χ2n) is 3.37. The van der Waals surface area contributed by atoms with Gasteiger partial charge in [0.05, 0.1) is 17.2 Å². The van der Waals surface area contributed by atoms with Crippen molar-refractivity contribution in [3.05, 3.63) is 29.3 Å². The van der Waals surface area contributed by atoms with Crippen LogP contribution in [0.5, 0.6) is 0 Å². The number of nitrogen functional groups attached to an aromatic ring is 1. The maximum atomic E-state index is 11.5. The summed E-state index contributed by atoms with van der Waals surface area (Å²) in [7, 11) is 0. The largest absolute Gasteiger partial charge is 0.459 e. The van der Waals surface area contributed by atoms with E-state index in [1.807, 2.05) is 6.07 Å². The van der Waals surface area contributed by atoms with Gasteiger partial charge in [0.25, 0.3) is 0 Å². The molecule has 78 valence electrons. The van der Waals surface area contributed by atoms with Gasteiger partial charge < -0.3 is 10.5 Å². The van der Waals surface area contributed by atoms with Crippen molar-refractivity contribution in [1.82, 2.24) is 0 Å². The summed E-state index contributed by atoms with van der Waals surface area (Å²) in [5.41, 5.74) is 6.51. The Morgan fingerprint density at radius 2 is 2.20 bits per heavy atom. The first kappa shape index (κ1) is 11.1. The van der Waals surface area contributed by atoms with Gasteiger partial charge in [0.15, 0.2) is 0 Å². The Morgan fingerprint density at radius 3 is 2.73 bits per heavy atom. The van der Waals surface area contributed by atoms with Gasteiger partial charge in [0.2, 0.25) is 0 Å². The number of carbonyl (C=O) groups is 1. The van der Waals surface area contributed by atoms with Crippen LogP contribution in [0.25, 0.3) is 0 Å². The highest BCUT2D eigenvalue weighted by Crippen LogP contribution is 2.14. The van der Waals surface area contributed by atoms with Gasteiger partial charge in [-0.1, -0.05) is 0 Å². The lowest BCUT2D eigenvalue weighted by atomic mass is 10.1. The summed E-state index contributed by atoms with van der Waals surface area (Å²) in [5, 5.41) is 8.72. The van der Waals surface area contributed by atoms with Crippen LogP contribution in [-0.4, -0.2) is 12.1 Å². The minimum Gasteiger partial charge on any atom is -0.459 e. The van der Waals surface area contributed by atoms with Crippen molar-refractivity contribution in [2.45, 2.75) is 20.0 Å². The zero-order chi connectivity index (χ0) is 11.4. The molecule has 0 aliphatic carbocycles. The Morgan fingerprint density at radius 1 is 1.53 bits per heavy atom. The molecule has 0 spiro atoms. The maximum Gasteiger partial charge on any atom is 0.338 e. The lowest BCUT2D eigenvalue weighted by Crippen LogP contribution is -2.11. The summed E-state index contributed by atoms with van der Waals surface area (Å²) in [6.07, 6.45) is -0.180. The minimum absolute atomic E-state index is 0.180. The van der Waals surface area contributed by atoms with Crippen molar-refractivity contribution in [3.63, 3.8) is 0 Å². The molecule has 4 nitrogen and oxygen atoms in total. The number of carbonyl (C=O) groups excluding carboxylic acids is 1. The molecule has 0 radical (unpaired) electrons. The first-order chi connectivity index (χ1) is 7.04. The molecule has 0 saturated carbocycles. The van der Waals surface area contributed by atoms with Crippen molar-refractivity contribution in [2.75, 3.05) is 5.73 Å². The van der Waals surface area contributed by atoms with Crippen LogP contribution in [-0.2, 0) is 4.74 Å². The fourth-order valence-electron chi connectivity index (χ4n) is 1.06. The average Bonchev–Trinajstić information content (AvgIpc) is 2.17. The highest BCUT2D eigenvalue weighted by atomic mass is 16.5. The molecule has 0 aromatic heterocycles. The molecular formula is C11H12N2O2. The van der Waals surface area contributed by atoms with Crippen LogP contribution in [0.3, 0.4) is 0 Å². The maximum absolute atomic E-state index is 11.5. The van der Waals surface area contributed by atoms with E-state index in [1.165, 1.54) is 12.1 Å². The average molecular weight is 204 g/mol. The molecule has 0 amide bonds. The predicted molar refractivity (Wildman–Crippen MR) is 56.1 cm³/mol. The third-order valence-electron chi connectivity index (χ3n) is 1.75. The van der Waals surface area contributed by atoms with E-state index in [0.29, 0.717) is 11.3 Å². The summed E-state index contributed by atoms with van der Waals surface area (Å²) in [6.45, 7) is 3.53. The van der Waals surface area contributed by atoms with Crippen LogP contribution >= 0.6 is 0 Å². The van der Waals surface area contributed by atoms with Gasteiger partial charge in [-0.25, -0.2) is 4.79 Å². The Hall–Kier alpha value is -2.02. The third-order valence-corrected chi connectivity index (χ3v) is 1.75. The van der Waals surface area contributed by atoms with Gasteiger partial charge in [-0.3, -0.25) is 0 Å². The van der Waals surface area contributed by atoms with Gasteiger partial charge in [0, 0.05) is 5.69 Å². The zero-order valence-electron chi connectivity index (χ0n) is 8.65. The molecular weight excluding hydrogens is 192 g/mol. The van der Waals surface area contributed by atoms with E-state index in [9.17, 15) is 4.79 Å². The molecule has 0 aliphatic heterocycles. The van der Waals surface area contributed by atoms with E-state index in [1.54, 1.807) is 19.9 Å². The molecule has 0 bridgehead atoms. The molecule has 0 saturated heterocycles. The predicted octanol–water partition coefficient (Wildman–Crippen LogP) is 1.71. The normalized spacial score (nSPS) is 9.73. The van der Waals surface area contributed by atoms with Crippen LogP contribution in [0.2, 0.25) is 0 Å². The zero-order valence-corrected chi connectivity index (χ0v) is 8.65. The standard InChI is InChI=1S/C11H12N2O2/c1-7(2)15-11(14)8-3-4-10(13)9(5-8)6-12/h3-5,7H,13H2,1-2H3. The summed E-state index contributed by atoms with van der Waals surface area (Å²) in [4.78, 5) is 11.5. The Kier molecular flexibility index (Phi) is 3.29. The Balaban J connectivity index is 2.97. The Labute approximate surface area is 88.3 Å². The van der Waals surface area contributed by atoms with Crippen molar-refractivity contribution >= 4 is 11.7 Å². The number of nitrogens with two attached hydrogens (primary N) is 1. The second kappa shape index (κ2) is 4.47. The van der Waals surface area contributed by atoms with E-state index in [4.69, 9.17) is 15.7 Å².